The van der Waals surface area contributed by atoms with Gasteiger partial charge in [0.25, 0.3) is 0 Å². The zero-order chi connectivity index (χ0) is 14.9. The third-order valence-electron chi connectivity index (χ3n) is 2.83. The summed E-state index contributed by atoms with van der Waals surface area (Å²) in [6, 6.07) is 12.3. The van der Waals surface area contributed by atoms with Crippen LogP contribution in [0.5, 0.6) is 11.6 Å². The Hall–Kier alpha value is -2.51. The van der Waals surface area contributed by atoms with E-state index < -0.39 is 10.0 Å². The molecule has 0 spiro atoms. The minimum atomic E-state index is -3.75. The fourth-order valence-corrected chi connectivity index (χ4v) is 2.28. The molecule has 0 fully saturated rings. The fraction of sp³-hybridized carbons (Fsp3) is 0. The van der Waals surface area contributed by atoms with Gasteiger partial charge in [0.2, 0.25) is 15.9 Å². The van der Waals surface area contributed by atoms with Crippen LogP contribution in [-0.2, 0) is 10.0 Å². The van der Waals surface area contributed by atoms with Crippen molar-refractivity contribution in [2.45, 2.75) is 4.90 Å². The lowest BCUT2D eigenvalue weighted by Crippen LogP contribution is -2.12. The zero-order valence-electron chi connectivity index (χ0n) is 10.8. The molecular formula is C14H11N3O3S. The Labute approximate surface area is 121 Å². The summed E-state index contributed by atoms with van der Waals surface area (Å²) in [5.41, 5.74) is 0.863. The van der Waals surface area contributed by atoms with Crippen molar-refractivity contribution in [1.29, 1.82) is 0 Å². The van der Waals surface area contributed by atoms with E-state index in [2.05, 4.69) is 9.97 Å². The van der Waals surface area contributed by atoms with Gasteiger partial charge in [-0.25, -0.2) is 18.5 Å². The molecule has 0 atom stereocenters. The van der Waals surface area contributed by atoms with Crippen LogP contribution in [0, 0.1) is 0 Å². The van der Waals surface area contributed by atoms with Gasteiger partial charge in [-0.2, -0.15) is 0 Å². The first-order chi connectivity index (χ1) is 10.0. The quantitative estimate of drug-likeness (QED) is 0.799. The first-order valence-electron chi connectivity index (χ1n) is 6.04. The SMILES string of the molecule is NS(=O)(=O)c1ccc(Oc2cnc3ccccc3c2)nc1. The number of primary sulfonamides is 1. The van der Waals surface area contributed by atoms with Crippen molar-refractivity contribution in [2.75, 3.05) is 0 Å². The van der Waals surface area contributed by atoms with Crippen molar-refractivity contribution < 1.29 is 13.2 Å². The summed E-state index contributed by atoms with van der Waals surface area (Å²) in [6.45, 7) is 0. The molecule has 0 unspecified atom stereocenters. The molecule has 2 heterocycles. The maximum Gasteiger partial charge on any atom is 0.239 e. The van der Waals surface area contributed by atoms with Crippen LogP contribution in [-0.4, -0.2) is 18.4 Å². The Morgan fingerprint density at radius 1 is 1.00 bits per heavy atom. The lowest BCUT2D eigenvalue weighted by molar-refractivity contribution is 0.460. The number of pyridine rings is 2. The van der Waals surface area contributed by atoms with Crippen molar-refractivity contribution in [3.63, 3.8) is 0 Å². The Morgan fingerprint density at radius 2 is 1.81 bits per heavy atom. The van der Waals surface area contributed by atoms with Gasteiger partial charge >= 0.3 is 0 Å². The van der Waals surface area contributed by atoms with Crippen LogP contribution in [0.3, 0.4) is 0 Å². The number of benzene rings is 1. The molecule has 0 aliphatic carbocycles. The highest BCUT2D eigenvalue weighted by molar-refractivity contribution is 7.89. The lowest BCUT2D eigenvalue weighted by atomic mass is 10.2. The summed E-state index contributed by atoms with van der Waals surface area (Å²) < 4.78 is 27.8. The summed E-state index contributed by atoms with van der Waals surface area (Å²) >= 11 is 0. The van der Waals surface area contributed by atoms with Gasteiger partial charge in [0.15, 0.2) is 0 Å². The van der Waals surface area contributed by atoms with E-state index in [0.717, 1.165) is 17.1 Å². The molecule has 0 saturated heterocycles. The Bertz CT molecular complexity index is 893. The number of rotatable bonds is 3. The third kappa shape index (κ3) is 2.99. The van der Waals surface area contributed by atoms with E-state index in [4.69, 9.17) is 9.88 Å². The van der Waals surface area contributed by atoms with Crippen molar-refractivity contribution in [3.05, 3.63) is 54.9 Å². The van der Waals surface area contributed by atoms with Gasteiger partial charge in [-0.3, -0.25) is 4.98 Å². The standard InChI is InChI=1S/C14H11N3O3S/c15-21(18,19)12-5-6-14(17-9-12)20-11-7-10-3-1-2-4-13(10)16-8-11/h1-9H,(H2,15,18,19). The maximum absolute atomic E-state index is 11.1. The van der Waals surface area contributed by atoms with Crippen molar-refractivity contribution >= 4 is 20.9 Å². The van der Waals surface area contributed by atoms with E-state index in [0.29, 0.717) is 5.75 Å². The normalized spacial score (nSPS) is 11.5. The van der Waals surface area contributed by atoms with Crippen LogP contribution in [0.4, 0.5) is 0 Å². The van der Waals surface area contributed by atoms with E-state index in [9.17, 15) is 8.42 Å². The minimum Gasteiger partial charge on any atom is -0.437 e. The van der Waals surface area contributed by atoms with E-state index >= 15 is 0 Å². The number of sulfonamides is 1. The van der Waals surface area contributed by atoms with Gasteiger partial charge in [-0.15, -0.1) is 0 Å². The summed E-state index contributed by atoms with van der Waals surface area (Å²) in [7, 11) is -3.75. The Morgan fingerprint density at radius 3 is 2.52 bits per heavy atom. The average molecular weight is 301 g/mol. The highest BCUT2D eigenvalue weighted by Crippen LogP contribution is 2.23. The smallest absolute Gasteiger partial charge is 0.239 e. The molecule has 0 aliphatic rings. The highest BCUT2D eigenvalue weighted by Gasteiger charge is 2.08. The Balaban J connectivity index is 1.88. The number of fused-ring (bicyclic) bond motifs is 1. The molecule has 0 saturated carbocycles. The predicted octanol–water partition coefficient (Wildman–Crippen LogP) is 2.07. The molecule has 106 valence electrons. The van der Waals surface area contributed by atoms with Gasteiger partial charge in [0, 0.05) is 11.5 Å². The number of hydrogen-bond donors (Lipinski definition) is 1. The fourth-order valence-electron chi connectivity index (χ4n) is 1.82. The van der Waals surface area contributed by atoms with E-state index in [1.54, 1.807) is 6.20 Å². The maximum atomic E-state index is 11.1. The molecule has 7 heteroatoms. The number of aromatic nitrogens is 2. The highest BCUT2D eigenvalue weighted by atomic mass is 32.2. The molecule has 3 aromatic rings. The largest absolute Gasteiger partial charge is 0.437 e. The molecule has 0 amide bonds. The molecule has 2 N–H and O–H groups in total. The minimum absolute atomic E-state index is 0.0634. The number of para-hydroxylation sites is 1. The molecule has 0 aliphatic heterocycles. The molecule has 0 bridgehead atoms. The van der Waals surface area contributed by atoms with Crippen LogP contribution in [0.2, 0.25) is 0 Å². The number of nitrogens with two attached hydrogens (primary N) is 1. The van der Waals surface area contributed by atoms with Crippen LogP contribution in [0.1, 0.15) is 0 Å². The summed E-state index contributed by atoms with van der Waals surface area (Å²) in [6.07, 6.45) is 2.73. The monoisotopic (exact) mass is 301 g/mol. The third-order valence-corrected chi connectivity index (χ3v) is 3.72. The number of ether oxygens (including phenoxy) is 1. The average Bonchev–Trinajstić information content (AvgIpc) is 2.47. The zero-order valence-corrected chi connectivity index (χ0v) is 11.6. The number of nitrogens with zero attached hydrogens (tertiary/aromatic N) is 2. The first kappa shape index (κ1) is 13.5. The topological polar surface area (TPSA) is 95.2 Å². The summed E-state index contributed by atoms with van der Waals surface area (Å²) in [5.74, 6) is 0.782. The van der Waals surface area contributed by atoms with E-state index in [1.807, 2.05) is 30.3 Å². The molecule has 21 heavy (non-hydrogen) atoms. The second-order valence-corrected chi connectivity index (χ2v) is 5.90. The predicted molar refractivity (Wildman–Crippen MR) is 77.4 cm³/mol. The molecular weight excluding hydrogens is 290 g/mol. The van der Waals surface area contributed by atoms with Crippen molar-refractivity contribution in [1.82, 2.24) is 9.97 Å². The van der Waals surface area contributed by atoms with Crippen LogP contribution in [0.25, 0.3) is 10.9 Å². The molecule has 3 rings (SSSR count). The second kappa shape index (κ2) is 5.12. The van der Waals surface area contributed by atoms with Crippen LogP contribution >= 0.6 is 0 Å². The first-order valence-corrected chi connectivity index (χ1v) is 7.58. The molecule has 2 aromatic heterocycles. The van der Waals surface area contributed by atoms with Gasteiger partial charge in [-0.05, 0) is 18.2 Å². The molecule has 0 radical (unpaired) electrons. The molecule has 1 aromatic carbocycles. The van der Waals surface area contributed by atoms with Gasteiger partial charge in [0.05, 0.1) is 17.9 Å². The van der Waals surface area contributed by atoms with Gasteiger partial charge < -0.3 is 4.74 Å². The summed E-state index contributed by atoms with van der Waals surface area (Å²) in [5, 5.41) is 5.94. The lowest BCUT2D eigenvalue weighted by Gasteiger charge is -2.06. The Kier molecular flexibility index (Phi) is 3.28. The number of hydrogen-bond acceptors (Lipinski definition) is 5. The summed E-state index contributed by atoms with van der Waals surface area (Å²) in [4.78, 5) is 8.11. The molecule has 6 nitrogen and oxygen atoms in total. The van der Waals surface area contributed by atoms with E-state index in [-0.39, 0.29) is 10.8 Å². The van der Waals surface area contributed by atoms with Crippen LogP contribution < -0.4 is 9.88 Å². The van der Waals surface area contributed by atoms with Gasteiger partial charge in [0.1, 0.15) is 10.6 Å². The van der Waals surface area contributed by atoms with Crippen molar-refractivity contribution in [2.24, 2.45) is 5.14 Å². The van der Waals surface area contributed by atoms with Crippen LogP contribution in [0.15, 0.2) is 59.8 Å². The van der Waals surface area contributed by atoms with E-state index in [1.165, 1.54) is 12.1 Å². The second-order valence-electron chi connectivity index (χ2n) is 4.34. The van der Waals surface area contributed by atoms with Gasteiger partial charge in [-0.1, -0.05) is 18.2 Å². The van der Waals surface area contributed by atoms with Crippen molar-refractivity contribution in [3.8, 4) is 11.6 Å².